The Labute approximate surface area is 187 Å². The van der Waals surface area contributed by atoms with Gasteiger partial charge in [-0.15, -0.1) is 0 Å². The number of fused-ring (bicyclic) bond motifs is 1. The fourth-order valence-corrected chi connectivity index (χ4v) is 3.54. The Balaban J connectivity index is 2.14. The molecule has 0 unspecified atom stereocenters. The number of rotatable bonds is 6. The Hall–Kier alpha value is -1.99. The predicted molar refractivity (Wildman–Crippen MR) is 125 cm³/mol. The summed E-state index contributed by atoms with van der Waals surface area (Å²) in [6, 6.07) is 11.2. The summed E-state index contributed by atoms with van der Waals surface area (Å²) < 4.78 is 9.13. The molecule has 1 heterocycles. The van der Waals surface area contributed by atoms with Gasteiger partial charge in [0.25, 0.3) is 5.56 Å². The van der Waals surface area contributed by atoms with Gasteiger partial charge in [-0.2, -0.15) is 9.78 Å². The summed E-state index contributed by atoms with van der Waals surface area (Å²) in [5.74, 6) is 1.37. The number of aromatic nitrogens is 2. The molecule has 0 saturated heterocycles. The van der Waals surface area contributed by atoms with Gasteiger partial charge in [0.2, 0.25) is 0 Å². The number of benzene rings is 2. The summed E-state index contributed by atoms with van der Waals surface area (Å²) in [6.07, 6.45) is 2.63. The van der Waals surface area contributed by atoms with Gasteiger partial charge in [0.1, 0.15) is 11.6 Å². The van der Waals surface area contributed by atoms with Crippen molar-refractivity contribution in [1.29, 1.82) is 0 Å². The average molecular weight is 521 g/mol. The zero-order chi connectivity index (χ0) is 21.1. The van der Waals surface area contributed by atoms with E-state index in [1.54, 1.807) is 12.3 Å². The lowest BCUT2D eigenvalue weighted by Gasteiger charge is -2.15. The maximum atomic E-state index is 13.2. The van der Waals surface area contributed by atoms with Gasteiger partial charge in [-0.05, 0) is 49.7 Å². The van der Waals surface area contributed by atoms with Gasteiger partial charge in [-0.25, -0.2) is 4.98 Å². The van der Waals surface area contributed by atoms with Crippen molar-refractivity contribution in [3.63, 3.8) is 0 Å². The van der Waals surface area contributed by atoms with Gasteiger partial charge in [0.05, 0.1) is 23.2 Å². The molecule has 0 saturated carbocycles. The predicted octanol–water partition coefficient (Wildman–Crippen LogP) is 6.10. The number of halogens is 2. The maximum Gasteiger partial charge on any atom is 0.282 e. The van der Waals surface area contributed by atoms with Gasteiger partial charge in [0.15, 0.2) is 0 Å². The molecule has 0 N–H and O–H groups in total. The van der Waals surface area contributed by atoms with Crippen LogP contribution in [0.5, 0.6) is 5.75 Å². The smallest absolute Gasteiger partial charge is 0.282 e. The van der Waals surface area contributed by atoms with Crippen LogP contribution in [-0.2, 0) is 0 Å². The fourth-order valence-electron chi connectivity index (χ4n) is 2.80. The van der Waals surface area contributed by atoms with E-state index in [9.17, 15) is 4.79 Å². The Morgan fingerprint density at radius 2 is 1.83 bits per heavy atom. The van der Waals surface area contributed by atoms with Gasteiger partial charge in [0, 0.05) is 20.4 Å². The first-order valence-electron chi connectivity index (χ1n) is 9.53. The van der Waals surface area contributed by atoms with Crippen molar-refractivity contribution >= 4 is 49.0 Å². The molecule has 7 heteroatoms. The zero-order valence-electron chi connectivity index (χ0n) is 16.8. The number of hydrogen-bond acceptors (Lipinski definition) is 4. The summed E-state index contributed by atoms with van der Waals surface area (Å²) in [7, 11) is 0. The van der Waals surface area contributed by atoms with Crippen LogP contribution in [-0.4, -0.2) is 22.0 Å². The maximum absolute atomic E-state index is 13.2. The van der Waals surface area contributed by atoms with Crippen LogP contribution >= 0.6 is 31.9 Å². The van der Waals surface area contributed by atoms with Crippen LogP contribution in [0.4, 0.5) is 0 Å². The monoisotopic (exact) mass is 519 g/mol. The van der Waals surface area contributed by atoms with Crippen LogP contribution in [0.25, 0.3) is 10.9 Å². The molecule has 3 rings (SSSR count). The molecule has 1 atom stereocenters. The quantitative estimate of drug-likeness (QED) is 0.369. The molecule has 0 fully saturated rings. The summed E-state index contributed by atoms with van der Waals surface area (Å²) in [6.45, 7) is 8.09. The minimum atomic E-state index is -0.198. The minimum Gasteiger partial charge on any atom is -0.490 e. The van der Waals surface area contributed by atoms with Crippen LogP contribution in [0.3, 0.4) is 0 Å². The van der Waals surface area contributed by atoms with E-state index in [1.165, 1.54) is 4.68 Å². The van der Waals surface area contributed by atoms with E-state index in [0.29, 0.717) is 16.7 Å². The summed E-state index contributed by atoms with van der Waals surface area (Å²) in [5.41, 5.74) is 1.25. The highest BCUT2D eigenvalue weighted by atomic mass is 79.9. The largest absolute Gasteiger partial charge is 0.490 e. The number of hydrogen-bond donors (Lipinski definition) is 0. The number of ether oxygens (including phenoxy) is 1. The summed E-state index contributed by atoms with van der Waals surface area (Å²) in [5, 5.41) is 5.03. The highest BCUT2D eigenvalue weighted by Crippen LogP contribution is 2.24. The third kappa shape index (κ3) is 4.95. The standard InChI is InChI=1S/C22H23Br2N3O2/c1-5-14(4)29-20-9-7-16(23)10-15(20)12-25-27-21(13(2)3)26-19-8-6-17(24)11-18(19)22(27)28/h6-14H,5H2,1-4H3/t14-/m1/s1. The van der Waals surface area contributed by atoms with Crippen molar-refractivity contribution in [3.8, 4) is 5.75 Å². The van der Waals surface area contributed by atoms with Gasteiger partial charge >= 0.3 is 0 Å². The molecule has 0 aliphatic rings. The Morgan fingerprint density at radius 3 is 2.52 bits per heavy atom. The second-order valence-corrected chi connectivity index (χ2v) is 9.00. The highest BCUT2D eigenvalue weighted by Gasteiger charge is 2.14. The summed E-state index contributed by atoms with van der Waals surface area (Å²) in [4.78, 5) is 17.8. The van der Waals surface area contributed by atoms with Crippen LogP contribution in [0.1, 0.15) is 51.4 Å². The topological polar surface area (TPSA) is 56.5 Å². The molecule has 0 aliphatic heterocycles. The lowest BCUT2D eigenvalue weighted by Crippen LogP contribution is -2.23. The molecule has 29 heavy (non-hydrogen) atoms. The molecule has 2 aromatic carbocycles. The van der Waals surface area contributed by atoms with Gasteiger partial charge in [-0.1, -0.05) is 52.6 Å². The van der Waals surface area contributed by atoms with Crippen molar-refractivity contribution in [2.45, 2.75) is 46.1 Å². The molecular weight excluding hydrogens is 498 g/mol. The van der Waals surface area contributed by atoms with Crippen molar-refractivity contribution < 1.29 is 4.74 Å². The van der Waals surface area contributed by atoms with E-state index < -0.39 is 0 Å². The molecule has 1 aromatic heterocycles. The van der Waals surface area contributed by atoms with E-state index in [-0.39, 0.29) is 17.6 Å². The van der Waals surface area contributed by atoms with Crippen LogP contribution < -0.4 is 10.3 Å². The molecule has 0 amide bonds. The molecular formula is C22H23Br2N3O2. The van der Waals surface area contributed by atoms with Crippen molar-refractivity contribution in [1.82, 2.24) is 9.66 Å². The van der Waals surface area contributed by atoms with Gasteiger partial charge < -0.3 is 4.74 Å². The van der Waals surface area contributed by atoms with Crippen molar-refractivity contribution in [2.24, 2.45) is 5.10 Å². The third-order valence-corrected chi connectivity index (χ3v) is 5.52. The van der Waals surface area contributed by atoms with Crippen molar-refractivity contribution in [2.75, 3.05) is 0 Å². The van der Waals surface area contributed by atoms with Gasteiger partial charge in [-0.3, -0.25) is 4.79 Å². The normalized spacial score (nSPS) is 12.8. The van der Waals surface area contributed by atoms with Crippen LogP contribution in [0.15, 0.2) is 55.2 Å². The van der Waals surface area contributed by atoms with Crippen LogP contribution in [0, 0.1) is 0 Å². The lowest BCUT2D eigenvalue weighted by atomic mass is 10.2. The molecule has 0 aliphatic carbocycles. The van der Waals surface area contributed by atoms with E-state index in [1.807, 2.05) is 51.1 Å². The van der Waals surface area contributed by atoms with Crippen LogP contribution in [0.2, 0.25) is 0 Å². The molecule has 0 bridgehead atoms. The average Bonchev–Trinajstić information content (AvgIpc) is 2.69. The first-order valence-corrected chi connectivity index (χ1v) is 11.1. The molecule has 5 nitrogen and oxygen atoms in total. The second kappa shape index (κ2) is 9.22. The minimum absolute atomic E-state index is 0.0336. The zero-order valence-corrected chi connectivity index (χ0v) is 20.0. The highest BCUT2D eigenvalue weighted by molar-refractivity contribution is 9.10. The Morgan fingerprint density at radius 1 is 1.14 bits per heavy atom. The molecule has 152 valence electrons. The first-order chi connectivity index (χ1) is 13.8. The fraction of sp³-hybridized carbons (Fsp3) is 0.318. The Bertz CT molecular complexity index is 1120. The third-order valence-electron chi connectivity index (χ3n) is 4.54. The lowest BCUT2D eigenvalue weighted by molar-refractivity contribution is 0.217. The SMILES string of the molecule is CC[C@@H](C)Oc1ccc(Br)cc1C=Nn1c(C(C)C)nc2ccc(Br)cc2c1=O. The van der Waals surface area contributed by atoms with E-state index in [4.69, 9.17) is 4.74 Å². The Kier molecular flexibility index (Phi) is 6.90. The molecule has 0 spiro atoms. The second-order valence-electron chi connectivity index (χ2n) is 7.17. The molecule has 3 aromatic rings. The molecule has 0 radical (unpaired) electrons. The van der Waals surface area contributed by atoms with Crippen molar-refractivity contribution in [3.05, 3.63) is 67.1 Å². The van der Waals surface area contributed by atoms with E-state index in [2.05, 4.69) is 48.9 Å². The van der Waals surface area contributed by atoms with E-state index >= 15 is 0 Å². The number of nitrogens with zero attached hydrogens (tertiary/aromatic N) is 3. The summed E-state index contributed by atoms with van der Waals surface area (Å²) >= 11 is 6.92. The van der Waals surface area contributed by atoms with E-state index in [0.717, 1.165) is 26.7 Å². The first kappa shape index (κ1) is 21.7.